The van der Waals surface area contributed by atoms with Crippen molar-refractivity contribution in [2.75, 3.05) is 5.32 Å². The van der Waals surface area contributed by atoms with Gasteiger partial charge in [-0.05, 0) is 62.5 Å². The fraction of sp³-hybridized carbons (Fsp3) is 0.0833. The van der Waals surface area contributed by atoms with Crippen molar-refractivity contribution in [2.45, 2.75) is 6.92 Å². The first-order valence-electron chi connectivity index (χ1n) is 4.98. The molecule has 1 aromatic heterocycles. The highest BCUT2D eigenvalue weighted by atomic mass is 79.9. The minimum absolute atomic E-state index is 0.155. The lowest BCUT2D eigenvalue weighted by Gasteiger charge is -2.08. The van der Waals surface area contributed by atoms with Crippen LogP contribution in [0.3, 0.4) is 0 Å². The van der Waals surface area contributed by atoms with Crippen molar-refractivity contribution in [3.05, 3.63) is 48.0 Å². The average Bonchev–Trinajstić information content (AvgIpc) is 2.73. The number of anilines is 1. The summed E-state index contributed by atoms with van der Waals surface area (Å²) in [5, 5.41) is 5.24. The minimum atomic E-state index is -0.155. The monoisotopic (exact) mass is 407 g/mol. The standard InChI is InChI=1S/C12H8Br2ClNOS/c1-6-2-8(13)10(4-9(6)15)16-12(17)7-3-11(14)18-5-7/h2-5H,1H3,(H,16,17). The molecule has 0 aliphatic heterocycles. The first-order chi connectivity index (χ1) is 8.47. The van der Waals surface area contributed by atoms with Crippen LogP contribution < -0.4 is 5.32 Å². The first kappa shape index (κ1) is 14.1. The fourth-order valence-corrected chi connectivity index (χ4v) is 3.22. The zero-order valence-electron chi connectivity index (χ0n) is 9.26. The third-order valence-corrected chi connectivity index (χ3v) is 4.89. The van der Waals surface area contributed by atoms with Gasteiger partial charge in [0.2, 0.25) is 0 Å². The van der Waals surface area contributed by atoms with E-state index < -0.39 is 0 Å². The van der Waals surface area contributed by atoms with Gasteiger partial charge in [-0.15, -0.1) is 11.3 Å². The first-order valence-corrected chi connectivity index (χ1v) is 7.83. The highest BCUT2D eigenvalue weighted by molar-refractivity contribution is 9.11. The Bertz CT molecular complexity index is 612. The highest BCUT2D eigenvalue weighted by Crippen LogP contribution is 2.30. The van der Waals surface area contributed by atoms with Gasteiger partial charge in [0.05, 0.1) is 15.0 Å². The number of hydrogen-bond acceptors (Lipinski definition) is 2. The molecule has 0 aliphatic carbocycles. The van der Waals surface area contributed by atoms with Crippen molar-refractivity contribution in [1.82, 2.24) is 0 Å². The Morgan fingerprint density at radius 2 is 2.06 bits per heavy atom. The molecule has 1 heterocycles. The molecule has 1 N–H and O–H groups in total. The Kier molecular flexibility index (Phi) is 4.48. The summed E-state index contributed by atoms with van der Waals surface area (Å²) in [6, 6.07) is 5.39. The molecular formula is C12H8Br2ClNOS. The van der Waals surface area contributed by atoms with E-state index in [1.165, 1.54) is 11.3 Å². The van der Waals surface area contributed by atoms with Crippen LogP contribution in [0.5, 0.6) is 0 Å². The van der Waals surface area contributed by atoms with Crippen LogP contribution >= 0.6 is 54.8 Å². The predicted molar refractivity (Wildman–Crippen MR) is 83.9 cm³/mol. The van der Waals surface area contributed by atoms with Crippen molar-refractivity contribution in [2.24, 2.45) is 0 Å². The Morgan fingerprint density at radius 3 is 2.67 bits per heavy atom. The van der Waals surface area contributed by atoms with E-state index in [0.717, 1.165) is 13.8 Å². The van der Waals surface area contributed by atoms with Gasteiger partial charge < -0.3 is 5.32 Å². The number of aryl methyl sites for hydroxylation is 1. The van der Waals surface area contributed by atoms with Crippen molar-refractivity contribution in [1.29, 1.82) is 0 Å². The quantitative estimate of drug-likeness (QED) is 0.698. The largest absolute Gasteiger partial charge is 0.321 e. The molecule has 0 saturated carbocycles. The van der Waals surface area contributed by atoms with Crippen LogP contribution in [0.1, 0.15) is 15.9 Å². The van der Waals surface area contributed by atoms with E-state index in [1.807, 2.05) is 13.0 Å². The molecule has 18 heavy (non-hydrogen) atoms. The number of amides is 1. The molecule has 1 amide bonds. The highest BCUT2D eigenvalue weighted by Gasteiger charge is 2.11. The van der Waals surface area contributed by atoms with Crippen LogP contribution in [0.2, 0.25) is 5.02 Å². The Labute approximate surface area is 131 Å². The summed E-state index contributed by atoms with van der Waals surface area (Å²) in [5.41, 5.74) is 2.24. The van der Waals surface area contributed by atoms with E-state index in [2.05, 4.69) is 37.2 Å². The van der Waals surface area contributed by atoms with Crippen LogP contribution in [-0.4, -0.2) is 5.91 Å². The van der Waals surface area contributed by atoms with Gasteiger partial charge in [0, 0.05) is 14.9 Å². The Morgan fingerprint density at radius 1 is 1.33 bits per heavy atom. The molecule has 1 aromatic carbocycles. The van der Waals surface area contributed by atoms with Crippen LogP contribution in [-0.2, 0) is 0 Å². The van der Waals surface area contributed by atoms with E-state index in [-0.39, 0.29) is 5.91 Å². The molecule has 0 fully saturated rings. The molecule has 2 aromatic rings. The third kappa shape index (κ3) is 3.15. The van der Waals surface area contributed by atoms with Crippen molar-refractivity contribution in [3.8, 4) is 0 Å². The zero-order chi connectivity index (χ0) is 13.3. The predicted octanol–water partition coefficient (Wildman–Crippen LogP) is 5.49. The van der Waals surface area contributed by atoms with Crippen molar-refractivity contribution in [3.63, 3.8) is 0 Å². The third-order valence-electron chi connectivity index (χ3n) is 2.33. The van der Waals surface area contributed by atoms with E-state index in [0.29, 0.717) is 16.3 Å². The summed E-state index contributed by atoms with van der Waals surface area (Å²) >= 11 is 14.3. The molecule has 0 radical (unpaired) electrons. The maximum atomic E-state index is 12.0. The number of nitrogens with one attached hydrogen (secondary N) is 1. The zero-order valence-corrected chi connectivity index (χ0v) is 14.0. The molecule has 2 nitrogen and oxygen atoms in total. The summed E-state index contributed by atoms with van der Waals surface area (Å²) in [5.74, 6) is -0.155. The Balaban J connectivity index is 2.24. The summed E-state index contributed by atoms with van der Waals surface area (Å²) in [6.45, 7) is 1.91. The molecular weight excluding hydrogens is 401 g/mol. The number of rotatable bonds is 2. The van der Waals surface area contributed by atoms with Crippen LogP contribution in [0.15, 0.2) is 31.8 Å². The van der Waals surface area contributed by atoms with E-state index in [9.17, 15) is 4.79 Å². The SMILES string of the molecule is Cc1cc(Br)c(NC(=O)c2csc(Br)c2)cc1Cl. The van der Waals surface area contributed by atoms with Crippen molar-refractivity contribution >= 4 is 66.4 Å². The summed E-state index contributed by atoms with van der Waals surface area (Å²) in [7, 11) is 0. The number of halogens is 3. The molecule has 0 atom stereocenters. The van der Waals surface area contributed by atoms with E-state index in [1.54, 1.807) is 17.5 Å². The normalized spacial score (nSPS) is 10.4. The Hall–Kier alpha value is -0.360. The number of thiophene rings is 1. The summed E-state index contributed by atoms with van der Waals surface area (Å²) in [6.07, 6.45) is 0. The second-order valence-electron chi connectivity index (χ2n) is 3.67. The van der Waals surface area contributed by atoms with E-state index in [4.69, 9.17) is 11.6 Å². The van der Waals surface area contributed by atoms with Gasteiger partial charge in [0.25, 0.3) is 5.91 Å². The van der Waals surface area contributed by atoms with Gasteiger partial charge in [-0.1, -0.05) is 11.6 Å². The lowest BCUT2D eigenvalue weighted by molar-refractivity contribution is 0.102. The molecule has 0 spiro atoms. The molecule has 0 aliphatic rings. The van der Waals surface area contributed by atoms with Gasteiger partial charge in [-0.3, -0.25) is 4.79 Å². The second kappa shape index (κ2) is 5.74. The maximum absolute atomic E-state index is 12.0. The summed E-state index contributed by atoms with van der Waals surface area (Å²) < 4.78 is 1.74. The number of hydrogen-bond donors (Lipinski definition) is 1. The van der Waals surface area contributed by atoms with Crippen LogP contribution in [0.4, 0.5) is 5.69 Å². The number of benzene rings is 1. The minimum Gasteiger partial charge on any atom is -0.321 e. The molecule has 0 unspecified atom stereocenters. The molecule has 94 valence electrons. The summed E-state index contributed by atoms with van der Waals surface area (Å²) in [4.78, 5) is 12.0. The van der Waals surface area contributed by atoms with Crippen LogP contribution in [0, 0.1) is 6.92 Å². The van der Waals surface area contributed by atoms with E-state index >= 15 is 0 Å². The topological polar surface area (TPSA) is 29.1 Å². The van der Waals surface area contributed by atoms with Crippen LogP contribution in [0.25, 0.3) is 0 Å². The second-order valence-corrected chi connectivity index (χ2v) is 7.23. The average molecular weight is 410 g/mol. The number of carbonyl (C=O) groups is 1. The molecule has 2 rings (SSSR count). The van der Waals surface area contributed by atoms with Gasteiger partial charge in [-0.25, -0.2) is 0 Å². The fourth-order valence-electron chi connectivity index (χ4n) is 1.37. The van der Waals surface area contributed by atoms with Gasteiger partial charge >= 0.3 is 0 Å². The molecule has 0 saturated heterocycles. The van der Waals surface area contributed by atoms with Gasteiger partial charge in [0.1, 0.15) is 0 Å². The van der Waals surface area contributed by atoms with Gasteiger partial charge in [0.15, 0.2) is 0 Å². The lowest BCUT2D eigenvalue weighted by Crippen LogP contribution is -2.11. The lowest BCUT2D eigenvalue weighted by atomic mass is 10.2. The molecule has 0 bridgehead atoms. The van der Waals surface area contributed by atoms with Crippen molar-refractivity contribution < 1.29 is 4.79 Å². The number of carbonyl (C=O) groups excluding carboxylic acids is 1. The van der Waals surface area contributed by atoms with Gasteiger partial charge in [-0.2, -0.15) is 0 Å². The molecule has 6 heteroatoms. The maximum Gasteiger partial charge on any atom is 0.256 e. The smallest absolute Gasteiger partial charge is 0.256 e.